The first-order valence-corrected chi connectivity index (χ1v) is 9.13. The van der Waals surface area contributed by atoms with Gasteiger partial charge in [-0.2, -0.15) is 8.42 Å². The zero-order valence-electron chi connectivity index (χ0n) is 12.7. The van der Waals surface area contributed by atoms with Crippen LogP contribution in [0.25, 0.3) is 11.3 Å². The molecule has 3 rings (SSSR count). The van der Waals surface area contributed by atoms with Crippen molar-refractivity contribution in [1.29, 1.82) is 0 Å². The van der Waals surface area contributed by atoms with Crippen molar-refractivity contribution in [1.82, 2.24) is 3.97 Å². The van der Waals surface area contributed by atoms with Crippen molar-refractivity contribution in [3.05, 3.63) is 65.4 Å². The zero-order valence-corrected chi connectivity index (χ0v) is 14.4. The molecule has 2 aromatic heterocycles. The number of thiophene rings is 1. The van der Waals surface area contributed by atoms with E-state index in [9.17, 15) is 12.8 Å². The molecule has 0 fully saturated rings. The van der Waals surface area contributed by atoms with Crippen molar-refractivity contribution in [2.75, 3.05) is 7.05 Å². The highest BCUT2D eigenvalue weighted by molar-refractivity contribution is 7.92. The molecular weight excluding hydrogens is 335 g/mol. The van der Waals surface area contributed by atoms with Crippen molar-refractivity contribution in [2.45, 2.75) is 11.1 Å². The smallest absolute Gasteiger partial charge is 0.277 e. The maximum Gasteiger partial charge on any atom is 0.277 e. The Bertz CT molecular complexity index is 885. The van der Waals surface area contributed by atoms with E-state index in [1.807, 2.05) is 0 Å². The topological polar surface area (TPSA) is 65.1 Å². The fraction of sp³-hybridized carbons (Fsp3) is 0.125. The minimum atomic E-state index is -3.70. The molecule has 0 unspecified atom stereocenters. The molecule has 0 aliphatic carbocycles. The Morgan fingerprint density at radius 2 is 1.83 bits per heavy atom. The van der Waals surface area contributed by atoms with Gasteiger partial charge in [0.15, 0.2) is 0 Å². The monoisotopic (exact) mass is 352 g/mol. The molecule has 2 N–H and O–H groups in total. The number of halogens is 1. The second-order valence-electron chi connectivity index (χ2n) is 4.62. The number of nitrogens with zero attached hydrogens (tertiary/aromatic N) is 1. The van der Waals surface area contributed by atoms with Gasteiger partial charge in [-0.1, -0.05) is 18.2 Å². The number of benzene rings is 1. The number of rotatable bonds is 3. The Morgan fingerprint density at radius 3 is 2.43 bits per heavy atom. The Morgan fingerprint density at radius 1 is 1.13 bits per heavy atom. The van der Waals surface area contributed by atoms with Crippen LogP contribution in [0.5, 0.6) is 0 Å². The molecule has 7 heteroatoms. The highest BCUT2D eigenvalue weighted by atomic mass is 32.2. The van der Waals surface area contributed by atoms with E-state index in [1.165, 1.54) is 19.3 Å². The summed E-state index contributed by atoms with van der Waals surface area (Å²) in [6.07, 6.45) is 1.51. The van der Waals surface area contributed by atoms with Gasteiger partial charge >= 0.3 is 0 Å². The predicted octanol–water partition coefficient (Wildman–Crippen LogP) is 3.48. The zero-order chi connectivity index (χ0) is 17.0. The molecule has 1 aromatic carbocycles. The first kappa shape index (κ1) is 17.4. The summed E-state index contributed by atoms with van der Waals surface area (Å²) < 4.78 is 40.7. The predicted molar refractivity (Wildman–Crippen MR) is 91.6 cm³/mol. The summed E-state index contributed by atoms with van der Waals surface area (Å²) in [5, 5.41) is 1.70. The molecule has 0 bridgehead atoms. The third-order valence-electron chi connectivity index (χ3n) is 3.08. The van der Waals surface area contributed by atoms with Crippen LogP contribution in [-0.2, 0) is 10.0 Å². The number of hydrogen-bond donors (Lipinski definition) is 1. The van der Waals surface area contributed by atoms with Crippen LogP contribution in [0.4, 0.5) is 4.39 Å². The van der Waals surface area contributed by atoms with E-state index in [4.69, 9.17) is 0 Å². The third-order valence-corrected chi connectivity index (χ3v) is 6.13. The van der Waals surface area contributed by atoms with E-state index >= 15 is 0 Å². The molecule has 0 aliphatic rings. The van der Waals surface area contributed by atoms with Crippen LogP contribution in [0.15, 0.2) is 58.3 Å². The normalized spacial score (nSPS) is 11.0. The number of aryl methyl sites for hydroxylation is 1. The van der Waals surface area contributed by atoms with E-state index in [0.29, 0.717) is 5.69 Å². The van der Waals surface area contributed by atoms with Crippen LogP contribution in [0, 0.1) is 12.7 Å². The number of nitrogens with two attached hydrogens (primary N) is 1. The van der Waals surface area contributed by atoms with Gasteiger partial charge < -0.3 is 5.73 Å². The first-order chi connectivity index (χ1) is 11.0. The molecule has 0 saturated carbocycles. The maximum atomic E-state index is 14.0. The van der Waals surface area contributed by atoms with Gasteiger partial charge in [0.1, 0.15) is 10.0 Å². The summed E-state index contributed by atoms with van der Waals surface area (Å²) in [5.41, 5.74) is 5.86. The second kappa shape index (κ2) is 7.08. The second-order valence-corrected chi connectivity index (χ2v) is 7.60. The van der Waals surface area contributed by atoms with Crippen LogP contribution >= 0.6 is 11.3 Å². The van der Waals surface area contributed by atoms with Crippen molar-refractivity contribution >= 4 is 21.4 Å². The van der Waals surface area contributed by atoms with E-state index < -0.39 is 15.8 Å². The Kier molecular flexibility index (Phi) is 5.35. The molecule has 4 nitrogen and oxygen atoms in total. The average molecular weight is 352 g/mol. The lowest BCUT2D eigenvalue weighted by atomic mass is 10.1. The van der Waals surface area contributed by atoms with Crippen molar-refractivity contribution in [2.24, 2.45) is 5.73 Å². The molecular formula is C16H17FN2O2S2. The van der Waals surface area contributed by atoms with Crippen LogP contribution in [0.3, 0.4) is 0 Å². The van der Waals surface area contributed by atoms with E-state index in [-0.39, 0.29) is 9.77 Å². The van der Waals surface area contributed by atoms with Gasteiger partial charge in [-0.25, -0.2) is 8.36 Å². The fourth-order valence-corrected chi connectivity index (χ4v) is 4.64. The summed E-state index contributed by atoms with van der Waals surface area (Å²) in [6, 6.07) is 11.0. The lowest BCUT2D eigenvalue weighted by Crippen LogP contribution is -2.12. The SMILES string of the molecule is CN.Cc1cc(-c2ccccc2F)n(S(=O)(=O)c2cccs2)c1. The summed E-state index contributed by atoms with van der Waals surface area (Å²) in [5.74, 6) is -0.446. The van der Waals surface area contributed by atoms with E-state index in [1.54, 1.807) is 48.7 Å². The highest BCUT2D eigenvalue weighted by Crippen LogP contribution is 2.29. The summed E-state index contributed by atoms with van der Waals surface area (Å²) in [4.78, 5) is 0. The Balaban J connectivity index is 0.000000924. The standard InChI is InChI=1S/C15H12FNO2S2.CH5N/c1-11-9-14(12-5-2-3-6-13(12)16)17(10-11)21(18,19)15-7-4-8-20-15;1-2/h2-10H,1H3;2H2,1H3. The Hall–Kier alpha value is -1.96. The largest absolute Gasteiger partial charge is 0.333 e. The van der Waals surface area contributed by atoms with Crippen molar-refractivity contribution in [3.8, 4) is 11.3 Å². The van der Waals surface area contributed by atoms with Crippen molar-refractivity contribution < 1.29 is 12.8 Å². The van der Waals surface area contributed by atoms with Gasteiger partial charge in [-0.15, -0.1) is 11.3 Å². The molecule has 0 atom stereocenters. The quantitative estimate of drug-likeness (QED) is 0.785. The molecule has 0 saturated heterocycles. The summed E-state index contributed by atoms with van der Waals surface area (Å²) >= 11 is 1.14. The average Bonchev–Trinajstić information content (AvgIpc) is 3.20. The number of hydrogen-bond acceptors (Lipinski definition) is 4. The molecule has 122 valence electrons. The molecule has 0 radical (unpaired) electrons. The Labute approximate surface area is 139 Å². The first-order valence-electron chi connectivity index (χ1n) is 6.81. The molecule has 0 spiro atoms. The minimum Gasteiger partial charge on any atom is -0.333 e. The highest BCUT2D eigenvalue weighted by Gasteiger charge is 2.23. The maximum absolute atomic E-state index is 14.0. The fourth-order valence-electron chi connectivity index (χ4n) is 2.14. The lowest BCUT2D eigenvalue weighted by molar-refractivity contribution is 0.589. The van der Waals surface area contributed by atoms with Gasteiger partial charge in [0.2, 0.25) is 0 Å². The van der Waals surface area contributed by atoms with Gasteiger partial charge in [-0.3, -0.25) is 0 Å². The molecule has 0 amide bonds. The van der Waals surface area contributed by atoms with Crippen molar-refractivity contribution in [3.63, 3.8) is 0 Å². The minimum absolute atomic E-state index is 0.232. The van der Waals surface area contributed by atoms with Crippen LogP contribution < -0.4 is 5.73 Å². The number of aromatic nitrogens is 1. The van der Waals surface area contributed by atoms with Crippen LogP contribution in [0.2, 0.25) is 0 Å². The van der Waals surface area contributed by atoms with Crippen LogP contribution in [0.1, 0.15) is 5.56 Å². The van der Waals surface area contributed by atoms with E-state index in [2.05, 4.69) is 5.73 Å². The van der Waals surface area contributed by atoms with E-state index in [0.717, 1.165) is 20.9 Å². The van der Waals surface area contributed by atoms with Gasteiger partial charge in [0.05, 0.1) is 5.69 Å². The van der Waals surface area contributed by atoms with Gasteiger partial charge in [-0.05, 0) is 49.2 Å². The van der Waals surface area contributed by atoms with Gasteiger partial charge in [0, 0.05) is 11.8 Å². The molecule has 3 aromatic rings. The molecule has 0 aliphatic heterocycles. The molecule has 2 heterocycles. The van der Waals surface area contributed by atoms with Gasteiger partial charge in [0.25, 0.3) is 10.0 Å². The van der Waals surface area contributed by atoms with Crippen LogP contribution in [-0.4, -0.2) is 19.4 Å². The summed E-state index contributed by atoms with van der Waals surface area (Å²) in [7, 11) is -2.20. The molecule has 23 heavy (non-hydrogen) atoms. The summed E-state index contributed by atoms with van der Waals surface area (Å²) in [6.45, 7) is 1.78. The lowest BCUT2D eigenvalue weighted by Gasteiger charge is -2.09. The third kappa shape index (κ3) is 3.36.